The van der Waals surface area contributed by atoms with Gasteiger partial charge < -0.3 is 10.1 Å². The highest BCUT2D eigenvalue weighted by atomic mass is 32.2. The number of nitrogens with one attached hydrogen (secondary N) is 1. The van der Waals surface area contributed by atoms with E-state index in [1.807, 2.05) is 24.3 Å². The molecule has 1 aromatic heterocycles. The quantitative estimate of drug-likeness (QED) is 0.550. The Balaban J connectivity index is 1.52. The predicted octanol–water partition coefficient (Wildman–Crippen LogP) is 2.73. The van der Waals surface area contributed by atoms with Crippen LogP contribution in [0.3, 0.4) is 0 Å². The van der Waals surface area contributed by atoms with Crippen LogP contribution in [0.2, 0.25) is 0 Å². The topological polar surface area (TPSA) is 98.2 Å². The van der Waals surface area contributed by atoms with Gasteiger partial charge in [-0.2, -0.15) is 0 Å². The summed E-state index contributed by atoms with van der Waals surface area (Å²) in [4.78, 5) is 12.2. The van der Waals surface area contributed by atoms with Crippen LogP contribution in [0.4, 0.5) is 0 Å². The summed E-state index contributed by atoms with van der Waals surface area (Å²) in [6.07, 6.45) is 0. The standard InChI is InChI=1S/C20H19N3O4S2/c1-27-16-9-7-15(8-10-16)13-21-18(24)14-28-19-11-12-20(23-22-19)29(25,26)17-5-3-2-4-6-17/h2-12H,13-14H2,1H3,(H,21,24). The smallest absolute Gasteiger partial charge is 0.230 e. The maximum absolute atomic E-state index is 12.5. The van der Waals surface area contributed by atoms with Crippen LogP contribution in [-0.4, -0.2) is 37.4 Å². The molecule has 0 spiro atoms. The van der Waals surface area contributed by atoms with Gasteiger partial charge in [0.15, 0.2) is 5.03 Å². The maximum atomic E-state index is 12.5. The third kappa shape index (κ3) is 5.55. The number of amides is 1. The molecule has 0 aliphatic rings. The summed E-state index contributed by atoms with van der Waals surface area (Å²) in [6, 6.07) is 18.4. The number of nitrogens with zero attached hydrogens (tertiary/aromatic N) is 2. The molecule has 0 saturated heterocycles. The molecule has 0 saturated carbocycles. The number of methoxy groups -OCH3 is 1. The molecule has 2 aromatic carbocycles. The lowest BCUT2D eigenvalue weighted by molar-refractivity contribution is -0.118. The number of sulfone groups is 1. The fourth-order valence-corrected chi connectivity index (χ4v) is 4.18. The summed E-state index contributed by atoms with van der Waals surface area (Å²) >= 11 is 1.18. The van der Waals surface area contributed by atoms with Gasteiger partial charge in [0.2, 0.25) is 15.7 Å². The zero-order valence-corrected chi connectivity index (χ0v) is 17.2. The first-order valence-corrected chi connectivity index (χ1v) is 11.1. The van der Waals surface area contributed by atoms with E-state index in [0.29, 0.717) is 11.6 Å². The van der Waals surface area contributed by atoms with Crippen LogP contribution in [0.5, 0.6) is 5.75 Å². The van der Waals surface area contributed by atoms with Crippen molar-refractivity contribution in [2.75, 3.05) is 12.9 Å². The molecule has 0 fully saturated rings. The van der Waals surface area contributed by atoms with Gasteiger partial charge in [0, 0.05) is 6.54 Å². The molecule has 0 bridgehead atoms. The van der Waals surface area contributed by atoms with E-state index >= 15 is 0 Å². The van der Waals surface area contributed by atoms with E-state index in [0.717, 1.165) is 11.3 Å². The van der Waals surface area contributed by atoms with Crippen molar-refractivity contribution in [3.05, 3.63) is 72.3 Å². The molecular formula is C20H19N3O4S2. The predicted molar refractivity (Wildman–Crippen MR) is 109 cm³/mol. The Kier molecular flexibility index (Phi) is 6.84. The van der Waals surface area contributed by atoms with E-state index < -0.39 is 9.84 Å². The highest BCUT2D eigenvalue weighted by molar-refractivity contribution is 7.99. The average molecular weight is 430 g/mol. The van der Waals surface area contributed by atoms with Gasteiger partial charge in [-0.15, -0.1) is 10.2 Å². The van der Waals surface area contributed by atoms with E-state index in [9.17, 15) is 13.2 Å². The highest BCUT2D eigenvalue weighted by Gasteiger charge is 2.19. The fraction of sp³-hybridized carbons (Fsp3) is 0.150. The third-order valence-corrected chi connectivity index (χ3v) is 6.53. The summed E-state index contributed by atoms with van der Waals surface area (Å²) in [5, 5.41) is 10.9. The van der Waals surface area contributed by atoms with Crippen LogP contribution in [0.1, 0.15) is 5.56 Å². The molecule has 1 amide bonds. The van der Waals surface area contributed by atoms with Crippen molar-refractivity contribution < 1.29 is 17.9 Å². The van der Waals surface area contributed by atoms with Gasteiger partial charge in [0.25, 0.3) is 0 Å². The SMILES string of the molecule is COc1ccc(CNC(=O)CSc2ccc(S(=O)(=O)c3ccccc3)nn2)cc1. The van der Waals surface area contributed by atoms with Crippen molar-refractivity contribution in [1.29, 1.82) is 0 Å². The summed E-state index contributed by atoms with van der Waals surface area (Å²) in [6.45, 7) is 0.406. The fourth-order valence-electron chi connectivity index (χ4n) is 2.38. The first kappa shape index (κ1) is 20.8. The first-order chi connectivity index (χ1) is 14.0. The second kappa shape index (κ2) is 9.53. The summed E-state index contributed by atoms with van der Waals surface area (Å²) in [7, 11) is -2.10. The Hall–Kier alpha value is -2.91. The van der Waals surface area contributed by atoms with Gasteiger partial charge >= 0.3 is 0 Å². The molecular weight excluding hydrogens is 410 g/mol. The second-order valence-electron chi connectivity index (χ2n) is 5.94. The highest BCUT2D eigenvalue weighted by Crippen LogP contribution is 2.20. The molecule has 9 heteroatoms. The molecule has 1 N–H and O–H groups in total. The van der Waals surface area contributed by atoms with Crippen molar-refractivity contribution in [2.45, 2.75) is 21.5 Å². The molecule has 3 rings (SSSR count). The number of rotatable bonds is 8. The van der Waals surface area contributed by atoms with Gasteiger partial charge in [-0.1, -0.05) is 42.1 Å². The van der Waals surface area contributed by atoms with E-state index in [2.05, 4.69) is 15.5 Å². The number of hydrogen-bond acceptors (Lipinski definition) is 7. The Morgan fingerprint density at radius 2 is 1.72 bits per heavy atom. The molecule has 3 aromatic rings. The Bertz CT molecular complexity index is 1060. The van der Waals surface area contributed by atoms with Crippen molar-refractivity contribution >= 4 is 27.5 Å². The van der Waals surface area contributed by atoms with Crippen molar-refractivity contribution in [1.82, 2.24) is 15.5 Å². The molecule has 0 atom stereocenters. The minimum Gasteiger partial charge on any atom is -0.497 e. The number of carbonyl (C=O) groups is 1. The minimum absolute atomic E-state index is 0.128. The zero-order valence-electron chi connectivity index (χ0n) is 15.6. The summed E-state index contributed by atoms with van der Waals surface area (Å²) < 4.78 is 30.1. The number of aromatic nitrogens is 2. The van der Waals surface area contributed by atoms with Gasteiger partial charge in [0.05, 0.1) is 17.8 Å². The van der Waals surface area contributed by atoms with Crippen LogP contribution in [-0.2, 0) is 21.2 Å². The maximum Gasteiger partial charge on any atom is 0.230 e. The monoisotopic (exact) mass is 429 g/mol. The summed E-state index contributed by atoms with van der Waals surface area (Å²) in [5.41, 5.74) is 0.958. The Morgan fingerprint density at radius 3 is 2.34 bits per heavy atom. The lowest BCUT2D eigenvalue weighted by atomic mass is 10.2. The van der Waals surface area contributed by atoms with Crippen LogP contribution in [0.25, 0.3) is 0 Å². The molecule has 0 aliphatic heterocycles. The van der Waals surface area contributed by atoms with Crippen molar-refractivity contribution in [3.8, 4) is 5.75 Å². The van der Waals surface area contributed by atoms with E-state index in [1.165, 1.54) is 30.0 Å². The molecule has 150 valence electrons. The lowest BCUT2D eigenvalue weighted by Gasteiger charge is -2.06. The van der Waals surface area contributed by atoms with Crippen LogP contribution in [0, 0.1) is 0 Å². The second-order valence-corrected chi connectivity index (χ2v) is 8.83. The minimum atomic E-state index is -3.70. The van der Waals surface area contributed by atoms with Crippen LogP contribution >= 0.6 is 11.8 Å². The van der Waals surface area contributed by atoms with Crippen LogP contribution < -0.4 is 10.1 Å². The Labute approximate surface area is 173 Å². The van der Waals surface area contributed by atoms with E-state index in [1.54, 1.807) is 31.4 Å². The third-order valence-electron chi connectivity index (χ3n) is 3.94. The molecule has 0 radical (unpaired) electrons. The largest absolute Gasteiger partial charge is 0.497 e. The normalized spacial score (nSPS) is 11.1. The number of benzene rings is 2. The van der Waals surface area contributed by atoms with Gasteiger partial charge in [-0.05, 0) is 42.0 Å². The van der Waals surface area contributed by atoms with Gasteiger partial charge in [-0.25, -0.2) is 8.42 Å². The number of ether oxygens (including phenoxy) is 1. The van der Waals surface area contributed by atoms with Crippen molar-refractivity contribution in [3.63, 3.8) is 0 Å². The van der Waals surface area contributed by atoms with E-state index in [-0.39, 0.29) is 21.6 Å². The number of carbonyl (C=O) groups excluding carboxylic acids is 1. The molecule has 1 heterocycles. The van der Waals surface area contributed by atoms with Crippen molar-refractivity contribution in [2.24, 2.45) is 0 Å². The number of hydrogen-bond donors (Lipinski definition) is 1. The lowest BCUT2D eigenvalue weighted by Crippen LogP contribution is -2.24. The molecule has 7 nitrogen and oxygen atoms in total. The van der Waals surface area contributed by atoms with Gasteiger partial charge in [-0.3, -0.25) is 4.79 Å². The Morgan fingerprint density at radius 1 is 1.00 bits per heavy atom. The number of thioether (sulfide) groups is 1. The average Bonchev–Trinajstić information content (AvgIpc) is 2.77. The zero-order chi connectivity index (χ0) is 20.7. The molecule has 29 heavy (non-hydrogen) atoms. The summed E-state index contributed by atoms with van der Waals surface area (Å²) in [5.74, 6) is 0.746. The van der Waals surface area contributed by atoms with Crippen LogP contribution in [0.15, 0.2) is 81.7 Å². The first-order valence-electron chi connectivity index (χ1n) is 8.65. The molecule has 0 unspecified atom stereocenters. The van der Waals surface area contributed by atoms with E-state index in [4.69, 9.17) is 4.74 Å². The molecule has 0 aliphatic carbocycles. The van der Waals surface area contributed by atoms with Gasteiger partial charge in [0.1, 0.15) is 10.8 Å².